The normalized spacial score (nSPS) is 50.6. The number of aliphatic hydroxyl groups is 4. The minimum Gasteiger partial charge on any atom is -0.394 e. The second-order valence-corrected chi connectivity index (χ2v) is 8.04. The Labute approximate surface area is 159 Å². The first kappa shape index (κ1) is 20.9. The van der Waals surface area contributed by atoms with Gasteiger partial charge in [-0.2, -0.15) is 0 Å². The van der Waals surface area contributed by atoms with Crippen molar-refractivity contribution in [3.05, 3.63) is 25.3 Å². The van der Waals surface area contributed by atoms with Crippen LogP contribution in [0.25, 0.3) is 0 Å². The van der Waals surface area contributed by atoms with Crippen LogP contribution in [0, 0.1) is 0 Å². The summed E-state index contributed by atoms with van der Waals surface area (Å²) in [7, 11) is 0. The Bertz CT molecular complexity index is 558. The minimum atomic E-state index is -0.667. The summed E-state index contributed by atoms with van der Waals surface area (Å²) in [6, 6.07) is 0. The SMILES string of the molecule is C=C[C@H]1O[C@H](CO)C[C@@]2(CO2)[C@@H]1O.C=C[C@H]1O[C@](C)(CO)C[C@@]2(CO2)[C@@H]1O. The van der Waals surface area contributed by atoms with E-state index >= 15 is 0 Å². The van der Waals surface area contributed by atoms with Crippen molar-refractivity contribution < 1.29 is 39.4 Å². The molecule has 8 heteroatoms. The molecule has 0 aromatic rings. The summed E-state index contributed by atoms with van der Waals surface area (Å²) in [6.45, 7) is 9.98. The van der Waals surface area contributed by atoms with Gasteiger partial charge in [0.2, 0.25) is 0 Å². The molecule has 4 rings (SSSR count). The molecule has 0 aromatic carbocycles. The first-order valence-electron chi connectivity index (χ1n) is 9.21. The van der Waals surface area contributed by atoms with Crippen LogP contribution in [-0.2, 0) is 18.9 Å². The van der Waals surface area contributed by atoms with E-state index in [4.69, 9.17) is 24.1 Å². The molecule has 8 atom stereocenters. The Morgan fingerprint density at radius 3 is 2.00 bits per heavy atom. The van der Waals surface area contributed by atoms with E-state index in [1.807, 2.05) is 6.92 Å². The van der Waals surface area contributed by atoms with Crippen LogP contribution in [0.4, 0.5) is 0 Å². The maximum Gasteiger partial charge on any atom is 0.123 e. The molecular formula is C19H30O8. The van der Waals surface area contributed by atoms with Crippen molar-refractivity contribution in [2.75, 3.05) is 26.4 Å². The highest BCUT2D eigenvalue weighted by Crippen LogP contribution is 2.46. The molecule has 0 amide bonds. The Hall–Kier alpha value is -0.840. The molecule has 4 aliphatic rings. The van der Waals surface area contributed by atoms with E-state index in [0.29, 0.717) is 26.1 Å². The lowest BCUT2D eigenvalue weighted by Crippen LogP contribution is -2.56. The van der Waals surface area contributed by atoms with Gasteiger partial charge in [0.1, 0.15) is 35.6 Å². The van der Waals surface area contributed by atoms with Crippen molar-refractivity contribution in [2.24, 2.45) is 0 Å². The summed E-state index contributed by atoms with van der Waals surface area (Å²) in [5.74, 6) is 0. The summed E-state index contributed by atoms with van der Waals surface area (Å²) in [5.41, 5.74) is -1.60. The zero-order chi connectivity index (χ0) is 19.9. The third kappa shape index (κ3) is 3.99. The fourth-order valence-corrected chi connectivity index (χ4v) is 3.93. The van der Waals surface area contributed by atoms with Crippen LogP contribution in [0.5, 0.6) is 0 Å². The number of ether oxygens (including phenoxy) is 4. The molecule has 0 aromatic heterocycles. The molecule has 0 radical (unpaired) electrons. The van der Waals surface area contributed by atoms with Crippen LogP contribution in [0.2, 0.25) is 0 Å². The predicted molar refractivity (Wildman–Crippen MR) is 95.1 cm³/mol. The van der Waals surface area contributed by atoms with E-state index in [0.717, 1.165) is 0 Å². The molecule has 154 valence electrons. The maximum absolute atomic E-state index is 9.88. The maximum atomic E-state index is 9.88. The van der Waals surface area contributed by atoms with Gasteiger partial charge in [0.15, 0.2) is 0 Å². The molecule has 0 saturated carbocycles. The first-order chi connectivity index (χ1) is 12.8. The van der Waals surface area contributed by atoms with Crippen LogP contribution < -0.4 is 0 Å². The fraction of sp³-hybridized carbons (Fsp3) is 0.789. The van der Waals surface area contributed by atoms with Gasteiger partial charge in [-0.25, -0.2) is 0 Å². The van der Waals surface area contributed by atoms with Gasteiger partial charge < -0.3 is 39.4 Å². The molecule has 8 nitrogen and oxygen atoms in total. The number of rotatable bonds is 4. The number of aliphatic hydroxyl groups excluding tert-OH is 4. The Morgan fingerprint density at radius 2 is 1.56 bits per heavy atom. The van der Waals surface area contributed by atoms with Crippen molar-refractivity contribution in [3.8, 4) is 0 Å². The lowest BCUT2D eigenvalue weighted by atomic mass is 9.83. The van der Waals surface area contributed by atoms with E-state index in [2.05, 4.69) is 13.2 Å². The van der Waals surface area contributed by atoms with Gasteiger partial charge in [0.05, 0.1) is 38.1 Å². The Kier molecular flexibility index (Phi) is 5.82. The molecule has 4 saturated heterocycles. The minimum absolute atomic E-state index is 0.0395. The first-order valence-corrected chi connectivity index (χ1v) is 9.21. The molecule has 4 fully saturated rings. The van der Waals surface area contributed by atoms with Crippen LogP contribution >= 0.6 is 0 Å². The molecule has 0 unspecified atom stereocenters. The van der Waals surface area contributed by atoms with Crippen molar-refractivity contribution in [2.45, 2.75) is 67.1 Å². The average Bonchev–Trinajstić information content (AvgIpc) is 3.60. The number of hydrogen-bond donors (Lipinski definition) is 4. The summed E-state index contributed by atoms with van der Waals surface area (Å²) < 4.78 is 21.5. The summed E-state index contributed by atoms with van der Waals surface area (Å²) in [4.78, 5) is 0. The van der Waals surface area contributed by atoms with Crippen LogP contribution in [0.1, 0.15) is 19.8 Å². The highest BCUT2D eigenvalue weighted by molar-refractivity contribution is 5.13. The standard InChI is InChI=1S/C10H16O4.C9H14O4/c1-3-7-8(12)10(6-13-10)4-9(2,5-11)14-7;1-2-7-8(11)9(5-12-9)3-6(4-10)13-7/h3,7-8,11-12H,1,4-6H2,2H3;2,6-8,10-11H,1,3-5H2/t7-,8-,9+,10-;6-,7+,8+,9+/m10/s1. The fourth-order valence-electron chi connectivity index (χ4n) is 3.93. The van der Waals surface area contributed by atoms with Crippen LogP contribution in [0.15, 0.2) is 25.3 Å². The third-order valence-electron chi connectivity index (χ3n) is 5.75. The lowest BCUT2D eigenvalue weighted by molar-refractivity contribution is -0.192. The Balaban J connectivity index is 0.000000156. The molecule has 27 heavy (non-hydrogen) atoms. The molecular weight excluding hydrogens is 356 g/mol. The molecule has 0 aliphatic carbocycles. The molecule has 4 aliphatic heterocycles. The number of hydrogen-bond acceptors (Lipinski definition) is 8. The highest BCUT2D eigenvalue weighted by atomic mass is 16.6. The van der Waals surface area contributed by atoms with Gasteiger partial charge >= 0.3 is 0 Å². The van der Waals surface area contributed by atoms with E-state index in [9.17, 15) is 15.3 Å². The quantitative estimate of drug-likeness (QED) is 0.369. The largest absolute Gasteiger partial charge is 0.394 e. The summed E-state index contributed by atoms with van der Waals surface area (Å²) in [5, 5.41) is 37.8. The van der Waals surface area contributed by atoms with Crippen molar-refractivity contribution in [1.82, 2.24) is 0 Å². The van der Waals surface area contributed by atoms with Crippen molar-refractivity contribution in [1.29, 1.82) is 0 Å². The smallest absolute Gasteiger partial charge is 0.123 e. The topological polar surface area (TPSA) is 124 Å². The average molecular weight is 386 g/mol. The van der Waals surface area contributed by atoms with Gasteiger partial charge in [0.25, 0.3) is 0 Å². The van der Waals surface area contributed by atoms with E-state index in [1.54, 1.807) is 12.2 Å². The van der Waals surface area contributed by atoms with Gasteiger partial charge in [-0.3, -0.25) is 0 Å². The zero-order valence-electron chi connectivity index (χ0n) is 15.6. The van der Waals surface area contributed by atoms with Gasteiger partial charge in [0, 0.05) is 12.8 Å². The predicted octanol–water partition coefficient (Wildman–Crippen LogP) is -0.706. The molecule has 0 bridgehead atoms. The lowest BCUT2D eigenvalue weighted by Gasteiger charge is -2.42. The van der Waals surface area contributed by atoms with Crippen LogP contribution in [0.3, 0.4) is 0 Å². The third-order valence-corrected chi connectivity index (χ3v) is 5.75. The summed E-state index contributed by atoms with van der Waals surface area (Å²) in [6.07, 6.45) is 1.77. The van der Waals surface area contributed by atoms with Gasteiger partial charge in [-0.1, -0.05) is 12.2 Å². The van der Waals surface area contributed by atoms with E-state index in [-0.39, 0.29) is 19.3 Å². The van der Waals surface area contributed by atoms with Crippen molar-refractivity contribution in [3.63, 3.8) is 0 Å². The van der Waals surface area contributed by atoms with Crippen LogP contribution in [-0.4, -0.2) is 94.2 Å². The monoisotopic (exact) mass is 386 g/mol. The summed E-state index contributed by atoms with van der Waals surface area (Å²) >= 11 is 0. The molecule has 2 spiro atoms. The second-order valence-electron chi connectivity index (χ2n) is 8.04. The van der Waals surface area contributed by atoms with Gasteiger partial charge in [-0.05, 0) is 6.92 Å². The molecule has 4 N–H and O–H groups in total. The van der Waals surface area contributed by atoms with Gasteiger partial charge in [-0.15, -0.1) is 13.2 Å². The van der Waals surface area contributed by atoms with E-state index in [1.165, 1.54) is 0 Å². The Morgan fingerprint density at radius 1 is 1.00 bits per heavy atom. The number of epoxide rings is 2. The zero-order valence-corrected chi connectivity index (χ0v) is 15.6. The second kappa shape index (κ2) is 7.53. The van der Waals surface area contributed by atoms with Crippen molar-refractivity contribution >= 4 is 0 Å². The van der Waals surface area contributed by atoms with E-state index < -0.39 is 41.2 Å². The molecule has 4 heterocycles. The highest BCUT2D eigenvalue weighted by Gasteiger charge is 2.61.